The van der Waals surface area contributed by atoms with Crippen molar-refractivity contribution in [2.45, 2.75) is 120 Å². The molecule has 3 unspecified atom stereocenters. The summed E-state index contributed by atoms with van der Waals surface area (Å²) < 4.78 is 56.9. The molecule has 2 saturated heterocycles. The Morgan fingerprint density at radius 3 is 1.88 bits per heavy atom. The molecular formula is C28H46N5O21P2-3. The van der Waals surface area contributed by atoms with E-state index < -0.39 is 156 Å². The topological polar surface area (TPSA) is 416 Å². The van der Waals surface area contributed by atoms with Crippen LogP contribution in [-0.2, 0) is 65.9 Å². The lowest BCUT2D eigenvalue weighted by molar-refractivity contribution is -0.334. The first-order valence-electron chi connectivity index (χ1n) is 16.6. The molecule has 28 heteroatoms. The smallest absolute Gasteiger partial charge is 0.249 e. The van der Waals surface area contributed by atoms with Crippen molar-refractivity contribution in [3.05, 3.63) is 0 Å². The van der Waals surface area contributed by atoms with Gasteiger partial charge in [-0.2, -0.15) is 0 Å². The van der Waals surface area contributed by atoms with Gasteiger partial charge in [0, 0.05) is 26.9 Å². The van der Waals surface area contributed by atoms with E-state index in [9.17, 15) is 73.2 Å². The maximum absolute atomic E-state index is 13.4. The van der Waals surface area contributed by atoms with Crippen LogP contribution in [0.2, 0.25) is 0 Å². The van der Waals surface area contributed by atoms with E-state index in [1.807, 2.05) is 0 Å². The molecule has 0 saturated carbocycles. The Balaban J connectivity index is 2.58. The van der Waals surface area contributed by atoms with E-state index >= 15 is 0 Å². The summed E-state index contributed by atoms with van der Waals surface area (Å²) in [6.45, 7) is 2.10. The molecule has 2 fully saturated rings. The molecule has 0 radical (unpaired) electrons. The monoisotopic (exact) mass is 850 g/mol. The summed E-state index contributed by atoms with van der Waals surface area (Å²) in [5.41, 5.74) is 5.22. The van der Waals surface area contributed by atoms with Crippen LogP contribution in [0.3, 0.4) is 0 Å². The van der Waals surface area contributed by atoms with E-state index in [4.69, 9.17) is 29.2 Å². The van der Waals surface area contributed by atoms with E-state index in [2.05, 4.69) is 25.8 Å². The van der Waals surface area contributed by atoms with Crippen molar-refractivity contribution in [2.75, 3.05) is 20.3 Å². The molecule has 0 spiro atoms. The minimum atomic E-state index is -6.11. The molecule has 2 aliphatic rings. The molecule has 0 aromatic carbocycles. The number of nitrogens with one attached hydrogen (secondary N) is 4. The standard InChI is InChI=1S/C28H49N5O21P2/c1-10(25(43)33-14(24(29)42)6-7-17(38)39)30-26(44)11(2)50-23-19(32-13(4)37)28(54-56(47,48)55(45,46)49-5)52-16(9-35)22(23)53-27-18(31-12(3)36)21(41)20(40)15(8-34)51-27/h10-11,14-16,18-23,27-28,34-35,40-41H,6-9H2,1-5H3,(H2,29,42)(H,30,44)(H,31,36)(H,32,37)(H,33,43)(H,38,39)(H,45,46)(H,47,48)/p-3/t10-,11+,14+,15+,16+,18+,19+,20+,21+,22?,23+,27-,28+/m0/s1. The second kappa shape index (κ2) is 21.0. The van der Waals surface area contributed by atoms with Crippen LogP contribution in [0.1, 0.15) is 40.5 Å². The average Bonchev–Trinajstić information content (AvgIpc) is 3.10. The molecule has 56 heavy (non-hydrogen) atoms. The number of aliphatic hydroxyl groups excluding tert-OH is 4. The van der Waals surface area contributed by atoms with E-state index in [1.54, 1.807) is 0 Å². The van der Waals surface area contributed by atoms with Gasteiger partial charge in [-0.3, -0.25) is 37.6 Å². The summed E-state index contributed by atoms with van der Waals surface area (Å²) in [7, 11) is -11.4. The second-order valence-corrected chi connectivity index (χ2v) is 17.9. The second-order valence-electron chi connectivity index (χ2n) is 12.6. The van der Waals surface area contributed by atoms with Crippen molar-refractivity contribution >= 4 is 50.1 Å². The van der Waals surface area contributed by atoms with E-state index in [-0.39, 0.29) is 0 Å². The highest BCUT2D eigenvalue weighted by molar-refractivity contribution is 8.25. The van der Waals surface area contributed by atoms with Crippen molar-refractivity contribution in [2.24, 2.45) is 5.73 Å². The SMILES string of the molecule is COP(=O)([O-])P(=O)([O-])O[C@H]1O[C@H](CO)C(O[C@@H]2O[C@H](CO)[C@@H](O)[C@H](O)[C@H]2NC(C)=O)[C@H](O[C@H](C)C(=O)N[C@@H](C)C(=O)N[C@H](CCC(=O)[O-])C(N)=O)[C@H]1NC(C)=O. The number of carboxylic acid groups (broad SMARTS) is 1. The number of hydrogen-bond donors (Lipinski definition) is 9. The van der Waals surface area contributed by atoms with Crippen molar-refractivity contribution in [1.82, 2.24) is 21.3 Å². The molecule has 0 aliphatic carbocycles. The quantitative estimate of drug-likeness (QED) is 0.0514. The van der Waals surface area contributed by atoms with Gasteiger partial charge >= 0.3 is 0 Å². The zero-order valence-electron chi connectivity index (χ0n) is 30.5. The number of ether oxygens (including phenoxy) is 4. The summed E-state index contributed by atoms with van der Waals surface area (Å²) in [5.74, 6) is -6.53. The Bertz CT molecular complexity index is 1520. The van der Waals surface area contributed by atoms with Gasteiger partial charge in [0.2, 0.25) is 44.1 Å². The molecule has 2 aliphatic heterocycles. The van der Waals surface area contributed by atoms with Crippen molar-refractivity contribution < 1.29 is 101 Å². The highest BCUT2D eigenvalue weighted by Crippen LogP contribution is 2.72. The molecule has 322 valence electrons. The Morgan fingerprint density at radius 2 is 1.38 bits per heavy atom. The van der Waals surface area contributed by atoms with E-state index in [1.165, 1.54) is 0 Å². The predicted molar refractivity (Wildman–Crippen MR) is 174 cm³/mol. The fraction of sp³-hybridized carbons (Fsp3) is 0.786. The fourth-order valence-electron chi connectivity index (χ4n) is 5.42. The molecule has 10 N–H and O–H groups in total. The zero-order valence-corrected chi connectivity index (χ0v) is 32.3. The third kappa shape index (κ3) is 12.9. The highest BCUT2D eigenvalue weighted by Gasteiger charge is 2.54. The van der Waals surface area contributed by atoms with Gasteiger partial charge in [-0.05, 0) is 26.7 Å². The summed E-state index contributed by atoms with van der Waals surface area (Å²) in [4.78, 5) is 98.2. The van der Waals surface area contributed by atoms with E-state index in [0.717, 1.165) is 27.7 Å². The van der Waals surface area contributed by atoms with Crippen LogP contribution in [-0.4, -0.2) is 156 Å². The van der Waals surface area contributed by atoms with E-state index in [0.29, 0.717) is 7.11 Å². The summed E-state index contributed by atoms with van der Waals surface area (Å²) in [6, 6.07) is -6.57. The first kappa shape index (κ1) is 48.9. The molecule has 2 heterocycles. The van der Waals surface area contributed by atoms with Gasteiger partial charge in [-0.15, -0.1) is 0 Å². The number of hydrogen-bond acceptors (Lipinski definition) is 21. The van der Waals surface area contributed by atoms with Gasteiger partial charge in [0.1, 0.15) is 66.9 Å². The largest absolute Gasteiger partial charge is 0.772 e. The summed E-state index contributed by atoms with van der Waals surface area (Å²) >= 11 is 0. The molecule has 0 bridgehead atoms. The maximum Gasteiger partial charge on any atom is 0.249 e. The first-order valence-corrected chi connectivity index (χ1v) is 20.4. The maximum atomic E-state index is 13.4. The summed E-state index contributed by atoms with van der Waals surface area (Å²) in [5, 5.41) is 61.1. The predicted octanol–water partition coefficient (Wildman–Crippen LogP) is -8.00. The van der Waals surface area contributed by atoms with Crippen molar-refractivity contribution in [1.29, 1.82) is 0 Å². The number of aliphatic carboxylic acids is 1. The van der Waals surface area contributed by atoms with Gasteiger partial charge < -0.3 is 90.6 Å². The molecule has 26 nitrogen and oxygen atoms in total. The number of rotatable bonds is 20. The summed E-state index contributed by atoms with van der Waals surface area (Å²) in [6.07, 6.45) is -18.0. The zero-order chi connectivity index (χ0) is 42.9. The molecular weight excluding hydrogens is 804 g/mol. The van der Waals surface area contributed by atoms with Crippen LogP contribution in [0.25, 0.3) is 0 Å². The van der Waals surface area contributed by atoms with Gasteiger partial charge in [0.15, 0.2) is 12.6 Å². The average molecular weight is 851 g/mol. The van der Waals surface area contributed by atoms with Gasteiger partial charge in [0.05, 0.1) is 13.2 Å². The minimum absolute atomic E-state index is 0.445. The van der Waals surface area contributed by atoms with Crippen molar-refractivity contribution in [3.8, 4) is 0 Å². The van der Waals surface area contributed by atoms with Crippen LogP contribution in [0.4, 0.5) is 0 Å². The Hall–Kier alpha value is -3.20. The lowest BCUT2D eigenvalue weighted by Gasteiger charge is -2.50. The number of aliphatic hydroxyl groups is 4. The number of nitrogens with two attached hydrogens (primary N) is 1. The molecule has 0 aromatic rings. The third-order valence-corrected chi connectivity index (χ3v) is 12.4. The van der Waals surface area contributed by atoms with Crippen LogP contribution in [0, 0.1) is 0 Å². The van der Waals surface area contributed by atoms with Crippen LogP contribution < -0.4 is 41.9 Å². The number of carbonyl (C=O) groups is 6. The van der Waals surface area contributed by atoms with Crippen molar-refractivity contribution in [3.63, 3.8) is 0 Å². The number of primary amides is 1. The molecule has 15 atom stereocenters. The number of amides is 5. The van der Waals surface area contributed by atoms with Crippen LogP contribution >= 0.6 is 14.6 Å². The lowest BCUT2D eigenvalue weighted by Crippen LogP contribution is -2.70. The van der Waals surface area contributed by atoms with Crippen LogP contribution in [0.15, 0.2) is 0 Å². The van der Waals surface area contributed by atoms with Gasteiger partial charge in [-0.25, -0.2) is 0 Å². The normalized spacial score (nSPS) is 31.6. The van der Waals surface area contributed by atoms with Gasteiger partial charge in [0.25, 0.3) is 0 Å². The third-order valence-electron chi connectivity index (χ3n) is 8.29. The minimum Gasteiger partial charge on any atom is -0.772 e. The Labute approximate surface area is 318 Å². The molecule has 0 aromatic heterocycles. The molecule has 5 amide bonds. The van der Waals surface area contributed by atoms with Gasteiger partial charge in [-0.1, -0.05) is 0 Å². The fourth-order valence-corrected chi connectivity index (χ4v) is 7.41. The lowest BCUT2D eigenvalue weighted by atomic mass is 9.94. The Morgan fingerprint density at radius 1 is 0.821 bits per heavy atom. The van der Waals surface area contributed by atoms with Crippen LogP contribution in [0.5, 0.6) is 0 Å². The first-order chi connectivity index (χ1) is 25.9. The highest BCUT2D eigenvalue weighted by atomic mass is 32.1. The Kier molecular flexibility index (Phi) is 18.3. The number of carbonyl (C=O) groups excluding carboxylic acids is 6. The number of carboxylic acids is 1. The molecule has 2 rings (SSSR count).